The fourth-order valence-corrected chi connectivity index (χ4v) is 1.99. The molecule has 18 heavy (non-hydrogen) atoms. The lowest BCUT2D eigenvalue weighted by Crippen LogP contribution is -2.13. The molecule has 0 N–H and O–H groups in total. The molecule has 2 rings (SSSR count). The molecule has 0 atom stereocenters. The molecule has 0 amide bonds. The average Bonchev–Trinajstić information content (AvgIpc) is 2.84. The Morgan fingerprint density at radius 3 is 2.44 bits per heavy atom. The van der Waals surface area contributed by atoms with Gasteiger partial charge in [0.15, 0.2) is 0 Å². The lowest BCUT2D eigenvalue weighted by Gasteiger charge is -2.09. The molecule has 1 aromatic carbocycles. The van der Waals surface area contributed by atoms with Crippen molar-refractivity contribution in [2.45, 2.75) is 19.4 Å². The highest BCUT2D eigenvalue weighted by atomic mass is 15.3. The molecule has 0 aliphatic carbocycles. The molecule has 1 aromatic heterocycles. The predicted octanol–water partition coefficient (Wildman–Crippen LogP) is 2.43. The van der Waals surface area contributed by atoms with Gasteiger partial charge >= 0.3 is 0 Å². The molecular formula is C15H21N3. The van der Waals surface area contributed by atoms with Crippen LogP contribution < -0.4 is 0 Å². The van der Waals surface area contributed by atoms with Crippen molar-refractivity contribution in [3.05, 3.63) is 53.9 Å². The third kappa shape index (κ3) is 4.00. The topological polar surface area (TPSA) is 21.1 Å². The number of rotatable bonds is 6. The zero-order chi connectivity index (χ0) is 12.8. The Balaban J connectivity index is 1.85. The Hall–Kier alpha value is -1.61. The summed E-state index contributed by atoms with van der Waals surface area (Å²) in [5, 5.41) is 4.21. The highest BCUT2D eigenvalue weighted by molar-refractivity contribution is 5.22. The molecule has 1 heterocycles. The minimum absolute atomic E-state index is 0.852. The summed E-state index contributed by atoms with van der Waals surface area (Å²) < 4.78 is 1.95. The Morgan fingerprint density at radius 2 is 1.83 bits per heavy atom. The molecule has 0 aliphatic heterocycles. The summed E-state index contributed by atoms with van der Waals surface area (Å²) in [5.41, 5.74) is 2.72. The van der Waals surface area contributed by atoms with E-state index in [-0.39, 0.29) is 0 Å². The summed E-state index contributed by atoms with van der Waals surface area (Å²) in [6, 6.07) is 10.8. The Kier molecular flexibility index (Phi) is 4.53. The van der Waals surface area contributed by atoms with Crippen LogP contribution in [-0.4, -0.2) is 35.3 Å². The number of benzene rings is 1. The van der Waals surface area contributed by atoms with E-state index in [9.17, 15) is 0 Å². The predicted molar refractivity (Wildman–Crippen MR) is 74.6 cm³/mol. The van der Waals surface area contributed by atoms with Gasteiger partial charge in [0.25, 0.3) is 0 Å². The number of hydrogen-bond donors (Lipinski definition) is 0. The van der Waals surface area contributed by atoms with E-state index >= 15 is 0 Å². The van der Waals surface area contributed by atoms with Crippen LogP contribution in [-0.2, 0) is 13.0 Å². The van der Waals surface area contributed by atoms with Crippen LogP contribution >= 0.6 is 0 Å². The van der Waals surface area contributed by atoms with Crippen LogP contribution in [0.5, 0.6) is 0 Å². The van der Waals surface area contributed by atoms with E-state index in [0.29, 0.717) is 0 Å². The second kappa shape index (κ2) is 6.36. The highest BCUT2D eigenvalue weighted by Crippen LogP contribution is 2.08. The summed E-state index contributed by atoms with van der Waals surface area (Å²) in [6.07, 6.45) is 6.17. The molecule has 0 saturated heterocycles. The first-order chi connectivity index (χ1) is 8.74. The van der Waals surface area contributed by atoms with Crippen LogP contribution in [0, 0.1) is 0 Å². The molecule has 2 aromatic rings. The maximum absolute atomic E-state index is 4.21. The van der Waals surface area contributed by atoms with E-state index in [2.05, 4.69) is 48.4 Å². The van der Waals surface area contributed by atoms with Gasteiger partial charge < -0.3 is 4.90 Å². The summed E-state index contributed by atoms with van der Waals surface area (Å²) >= 11 is 0. The standard InChI is InChI=1S/C15H21N3/c1-17(2)11-3-5-14-6-8-15(9-7-14)13-18-12-4-10-16-18/h4,6-10,12H,3,5,11,13H2,1-2H3. The van der Waals surface area contributed by atoms with E-state index in [1.807, 2.05) is 23.1 Å². The number of aromatic nitrogens is 2. The largest absolute Gasteiger partial charge is 0.309 e. The quantitative estimate of drug-likeness (QED) is 0.777. The van der Waals surface area contributed by atoms with Gasteiger partial charge in [-0.2, -0.15) is 5.10 Å². The zero-order valence-corrected chi connectivity index (χ0v) is 11.2. The molecule has 0 saturated carbocycles. The van der Waals surface area contributed by atoms with Gasteiger partial charge in [-0.1, -0.05) is 24.3 Å². The van der Waals surface area contributed by atoms with Gasteiger partial charge in [-0.25, -0.2) is 0 Å². The normalized spacial score (nSPS) is 11.1. The second-order valence-corrected chi connectivity index (χ2v) is 4.93. The third-order valence-electron chi connectivity index (χ3n) is 3.00. The van der Waals surface area contributed by atoms with Crippen molar-refractivity contribution in [1.29, 1.82) is 0 Å². The Morgan fingerprint density at radius 1 is 1.11 bits per heavy atom. The molecule has 0 aliphatic rings. The van der Waals surface area contributed by atoms with Gasteiger partial charge in [0.05, 0.1) is 6.54 Å². The number of hydrogen-bond acceptors (Lipinski definition) is 2. The van der Waals surface area contributed by atoms with E-state index in [4.69, 9.17) is 0 Å². The van der Waals surface area contributed by atoms with Gasteiger partial charge in [0.1, 0.15) is 0 Å². The molecule has 0 fully saturated rings. The van der Waals surface area contributed by atoms with E-state index in [1.165, 1.54) is 17.5 Å². The van der Waals surface area contributed by atoms with Crippen LogP contribution in [0.4, 0.5) is 0 Å². The third-order valence-corrected chi connectivity index (χ3v) is 3.00. The number of nitrogens with zero attached hydrogens (tertiary/aromatic N) is 3. The summed E-state index contributed by atoms with van der Waals surface area (Å²) in [4.78, 5) is 2.23. The molecule has 0 spiro atoms. The molecule has 0 radical (unpaired) electrons. The molecule has 96 valence electrons. The van der Waals surface area contributed by atoms with Crippen molar-refractivity contribution in [2.75, 3.05) is 20.6 Å². The van der Waals surface area contributed by atoms with E-state index in [0.717, 1.165) is 19.5 Å². The molecular weight excluding hydrogens is 222 g/mol. The van der Waals surface area contributed by atoms with Crippen molar-refractivity contribution < 1.29 is 0 Å². The molecule has 0 bridgehead atoms. The van der Waals surface area contributed by atoms with Crippen LogP contribution in [0.1, 0.15) is 17.5 Å². The molecule has 3 nitrogen and oxygen atoms in total. The first kappa shape index (κ1) is 12.8. The lowest BCUT2D eigenvalue weighted by molar-refractivity contribution is 0.400. The van der Waals surface area contributed by atoms with Crippen molar-refractivity contribution >= 4 is 0 Å². The maximum Gasteiger partial charge on any atom is 0.0659 e. The van der Waals surface area contributed by atoms with E-state index in [1.54, 1.807) is 0 Å². The first-order valence-corrected chi connectivity index (χ1v) is 6.44. The Bertz CT molecular complexity index is 443. The van der Waals surface area contributed by atoms with Gasteiger partial charge in [-0.05, 0) is 50.7 Å². The molecule has 0 unspecified atom stereocenters. The van der Waals surface area contributed by atoms with Crippen molar-refractivity contribution in [3.63, 3.8) is 0 Å². The fourth-order valence-electron chi connectivity index (χ4n) is 1.99. The van der Waals surface area contributed by atoms with E-state index < -0.39 is 0 Å². The highest BCUT2D eigenvalue weighted by Gasteiger charge is 1.97. The van der Waals surface area contributed by atoms with Crippen molar-refractivity contribution in [1.82, 2.24) is 14.7 Å². The smallest absolute Gasteiger partial charge is 0.0659 e. The van der Waals surface area contributed by atoms with Gasteiger partial charge in [-0.15, -0.1) is 0 Å². The minimum Gasteiger partial charge on any atom is -0.309 e. The Labute approximate surface area is 109 Å². The minimum atomic E-state index is 0.852. The monoisotopic (exact) mass is 243 g/mol. The summed E-state index contributed by atoms with van der Waals surface area (Å²) in [7, 11) is 4.24. The van der Waals surface area contributed by atoms with Crippen LogP contribution in [0.15, 0.2) is 42.7 Å². The van der Waals surface area contributed by atoms with Crippen molar-refractivity contribution in [3.8, 4) is 0 Å². The van der Waals surface area contributed by atoms with Crippen LogP contribution in [0.25, 0.3) is 0 Å². The summed E-state index contributed by atoms with van der Waals surface area (Å²) in [6.45, 7) is 2.00. The first-order valence-electron chi connectivity index (χ1n) is 6.44. The molecule has 3 heteroatoms. The van der Waals surface area contributed by atoms with Gasteiger partial charge in [0.2, 0.25) is 0 Å². The lowest BCUT2D eigenvalue weighted by atomic mass is 10.1. The average molecular weight is 243 g/mol. The van der Waals surface area contributed by atoms with Gasteiger partial charge in [-0.3, -0.25) is 4.68 Å². The maximum atomic E-state index is 4.21. The number of aryl methyl sites for hydroxylation is 1. The fraction of sp³-hybridized carbons (Fsp3) is 0.400. The van der Waals surface area contributed by atoms with Crippen molar-refractivity contribution in [2.24, 2.45) is 0 Å². The SMILES string of the molecule is CN(C)CCCc1ccc(Cn2cccn2)cc1. The summed E-state index contributed by atoms with van der Waals surface area (Å²) in [5.74, 6) is 0. The van der Waals surface area contributed by atoms with Crippen LogP contribution in [0.3, 0.4) is 0 Å². The van der Waals surface area contributed by atoms with Gasteiger partial charge in [0, 0.05) is 12.4 Å². The van der Waals surface area contributed by atoms with Crippen LogP contribution in [0.2, 0.25) is 0 Å². The second-order valence-electron chi connectivity index (χ2n) is 4.93. The zero-order valence-electron chi connectivity index (χ0n) is 11.2.